The third-order valence-electron chi connectivity index (χ3n) is 4.71. The van der Waals surface area contributed by atoms with Gasteiger partial charge >= 0.3 is 6.09 Å². The molecule has 0 aliphatic heterocycles. The highest BCUT2D eigenvalue weighted by atomic mass is 16.6. The Balaban J connectivity index is 3.92. The van der Waals surface area contributed by atoms with Crippen molar-refractivity contribution in [3.63, 3.8) is 0 Å². The predicted octanol–water partition coefficient (Wildman–Crippen LogP) is 6.25. The number of carbonyl (C=O) groups is 1. The van der Waals surface area contributed by atoms with E-state index in [1.165, 1.54) is 64.2 Å². The predicted molar refractivity (Wildman–Crippen MR) is 117 cm³/mol. The zero-order chi connectivity index (χ0) is 20.7. The van der Waals surface area contributed by atoms with Gasteiger partial charge in [-0.1, -0.05) is 85.0 Å². The maximum Gasteiger partial charge on any atom is 0.407 e. The van der Waals surface area contributed by atoms with E-state index in [0.29, 0.717) is 19.8 Å². The van der Waals surface area contributed by atoms with Crippen molar-refractivity contribution in [1.29, 1.82) is 0 Å². The zero-order valence-electron chi connectivity index (χ0n) is 18.9. The van der Waals surface area contributed by atoms with Crippen LogP contribution in [0.3, 0.4) is 0 Å². The van der Waals surface area contributed by atoms with Gasteiger partial charge in [-0.15, -0.1) is 0 Å². The van der Waals surface area contributed by atoms with Gasteiger partial charge in [0.25, 0.3) is 0 Å². The van der Waals surface area contributed by atoms with Crippen LogP contribution in [0, 0.1) is 0 Å². The Kier molecular flexibility index (Phi) is 21.8. The van der Waals surface area contributed by atoms with Crippen molar-refractivity contribution in [3.05, 3.63) is 0 Å². The van der Waals surface area contributed by atoms with Crippen molar-refractivity contribution in [2.24, 2.45) is 0 Å². The lowest BCUT2D eigenvalue weighted by Gasteiger charge is -2.19. The van der Waals surface area contributed by atoms with Crippen LogP contribution in [0.25, 0.3) is 0 Å². The molecule has 5 nitrogen and oxygen atoms in total. The molecule has 1 unspecified atom stereocenters. The fourth-order valence-corrected chi connectivity index (χ4v) is 2.94. The van der Waals surface area contributed by atoms with E-state index in [1.54, 1.807) is 0 Å². The monoisotopic (exact) mass is 401 g/mol. The van der Waals surface area contributed by atoms with Gasteiger partial charge in [-0.05, 0) is 19.3 Å². The average Bonchev–Trinajstić information content (AvgIpc) is 2.70. The molecule has 0 aliphatic carbocycles. The van der Waals surface area contributed by atoms with Gasteiger partial charge in [-0.3, -0.25) is 0 Å². The molecule has 0 aromatic heterocycles. The first-order valence-electron chi connectivity index (χ1n) is 11.8. The highest BCUT2D eigenvalue weighted by Gasteiger charge is 2.12. The van der Waals surface area contributed by atoms with Gasteiger partial charge in [0, 0.05) is 19.8 Å². The normalized spacial score (nSPS) is 12.1. The van der Waals surface area contributed by atoms with Crippen molar-refractivity contribution in [3.8, 4) is 0 Å². The second-order valence-electron chi connectivity index (χ2n) is 7.62. The first-order valence-corrected chi connectivity index (χ1v) is 11.8. The zero-order valence-corrected chi connectivity index (χ0v) is 18.9. The van der Waals surface area contributed by atoms with Gasteiger partial charge in [0.05, 0.1) is 19.3 Å². The topological polar surface area (TPSA) is 56.8 Å². The van der Waals surface area contributed by atoms with E-state index in [-0.39, 0.29) is 12.2 Å². The van der Waals surface area contributed by atoms with Gasteiger partial charge in [-0.25, -0.2) is 4.79 Å². The molecule has 0 bridgehead atoms. The summed E-state index contributed by atoms with van der Waals surface area (Å²) in [6, 6.07) is 0. The molecule has 0 rings (SSSR count). The minimum absolute atomic E-state index is 0.107. The average molecular weight is 402 g/mol. The molecule has 1 amide bonds. The molecule has 0 fully saturated rings. The standard InChI is InChI=1S/C23H47NO4/c1-4-7-9-11-13-15-18-26-21-22(20-24-23(25)28-17-6-3)27-19-16-14-12-10-8-5-2/h22H,4-21H2,1-3H3,(H,24,25). The Bertz CT molecular complexity index is 326. The summed E-state index contributed by atoms with van der Waals surface area (Å²) >= 11 is 0. The van der Waals surface area contributed by atoms with Crippen molar-refractivity contribution in [1.82, 2.24) is 5.32 Å². The largest absolute Gasteiger partial charge is 0.450 e. The molecule has 0 aromatic rings. The summed E-state index contributed by atoms with van der Waals surface area (Å²) in [7, 11) is 0. The van der Waals surface area contributed by atoms with Crippen molar-refractivity contribution in [2.45, 2.75) is 110 Å². The Labute approximate surface area is 174 Å². The molecule has 168 valence electrons. The fourth-order valence-electron chi connectivity index (χ4n) is 2.94. The summed E-state index contributed by atoms with van der Waals surface area (Å²) in [5.41, 5.74) is 0. The molecule has 1 N–H and O–H groups in total. The number of amides is 1. The minimum atomic E-state index is -0.370. The summed E-state index contributed by atoms with van der Waals surface area (Å²) in [6.45, 7) is 9.36. The van der Waals surface area contributed by atoms with E-state index in [4.69, 9.17) is 14.2 Å². The second-order valence-corrected chi connectivity index (χ2v) is 7.62. The SMILES string of the molecule is CCCCCCCCOCC(CNC(=O)OCCC)OCCCCCCCC. The molecule has 1 atom stereocenters. The number of carbonyl (C=O) groups excluding carboxylic acids is 1. The number of ether oxygens (including phenoxy) is 3. The molecule has 0 spiro atoms. The first-order chi connectivity index (χ1) is 13.7. The first kappa shape index (κ1) is 27.2. The Morgan fingerprint density at radius 2 is 1.29 bits per heavy atom. The summed E-state index contributed by atoms with van der Waals surface area (Å²) in [5, 5.41) is 2.80. The molecule has 0 heterocycles. The molecule has 0 aliphatic rings. The smallest absolute Gasteiger partial charge is 0.407 e. The lowest BCUT2D eigenvalue weighted by Crippen LogP contribution is -2.37. The van der Waals surface area contributed by atoms with Crippen LogP contribution < -0.4 is 5.32 Å². The molecule has 0 saturated carbocycles. The van der Waals surface area contributed by atoms with E-state index < -0.39 is 0 Å². The van der Waals surface area contributed by atoms with Crippen LogP contribution in [0.1, 0.15) is 104 Å². The fraction of sp³-hybridized carbons (Fsp3) is 0.957. The second kappa shape index (κ2) is 22.5. The van der Waals surface area contributed by atoms with Crippen LogP contribution in [-0.4, -0.2) is 45.2 Å². The maximum atomic E-state index is 11.7. The third-order valence-corrected chi connectivity index (χ3v) is 4.71. The third kappa shape index (κ3) is 19.9. The molecule has 28 heavy (non-hydrogen) atoms. The van der Waals surface area contributed by atoms with Gasteiger partial charge in [0.1, 0.15) is 0 Å². The van der Waals surface area contributed by atoms with Gasteiger partial charge in [-0.2, -0.15) is 0 Å². The number of hydrogen-bond acceptors (Lipinski definition) is 4. The lowest BCUT2D eigenvalue weighted by atomic mass is 10.1. The van der Waals surface area contributed by atoms with Crippen LogP contribution in [0.2, 0.25) is 0 Å². The molecule has 0 aromatic carbocycles. The summed E-state index contributed by atoms with van der Waals surface area (Å²) < 4.78 is 16.8. The van der Waals surface area contributed by atoms with Crippen molar-refractivity contribution in [2.75, 3.05) is 33.0 Å². The van der Waals surface area contributed by atoms with Crippen LogP contribution in [0.15, 0.2) is 0 Å². The summed E-state index contributed by atoms with van der Waals surface area (Å²) in [5.74, 6) is 0. The van der Waals surface area contributed by atoms with Gasteiger partial charge < -0.3 is 19.5 Å². The Hall–Kier alpha value is -0.810. The number of unbranched alkanes of at least 4 members (excludes halogenated alkanes) is 10. The van der Waals surface area contributed by atoms with E-state index >= 15 is 0 Å². The molecule has 0 saturated heterocycles. The van der Waals surface area contributed by atoms with Crippen LogP contribution in [0.4, 0.5) is 4.79 Å². The van der Waals surface area contributed by atoms with Crippen molar-refractivity contribution < 1.29 is 19.0 Å². The number of hydrogen-bond donors (Lipinski definition) is 1. The summed E-state index contributed by atoms with van der Waals surface area (Å²) in [6.07, 6.45) is 15.3. The van der Waals surface area contributed by atoms with E-state index in [9.17, 15) is 4.79 Å². The number of rotatable bonds is 21. The van der Waals surface area contributed by atoms with Gasteiger partial charge in [0.15, 0.2) is 0 Å². The minimum Gasteiger partial charge on any atom is -0.450 e. The Morgan fingerprint density at radius 1 is 0.714 bits per heavy atom. The quantitative estimate of drug-likeness (QED) is 0.231. The molecule has 0 radical (unpaired) electrons. The van der Waals surface area contributed by atoms with Crippen LogP contribution >= 0.6 is 0 Å². The van der Waals surface area contributed by atoms with Crippen LogP contribution in [0.5, 0.6) is 0 Å². The van der Waals surface area contributed by atoms with E-state index in [1.807, 2.05) is 6.92 Å². The van der Waals surface area contributed by atoms with Crippen molar-refractivity contribution >= 4 is 6.09 Å². The van der Waals surface area contributed by atoms with E-state index in [2.05, 4.69) is 19.2 Å². The molecular formula is C23H47NO4. The number of nitrogens with one attached hydrogen (secondary N) is 1. The Morgan fingerprint density at radius 3 is 1.89 bits per heavy atom. The van der Waals surface area contributed by atoms with E-state index in [0.717, 1.165) is 32.5 Å². The van der Waals surface area contributed by atoms with Gasteiger partial charge in [0.2, 0.25) is 0 Å². The highest BCUT2D eigenvalue weighted by molar-refractivity contribution is 5.67. The number of alkyl carbamates (subject to hydrolysis) is 1. The highest BCUT2D eigenvalue weighted by Crippen LogP contribution is 2.07. The lowest BCUT2D eigenvalue weighted by molar-refractivity contribution is -0.0175. The van der Waals surface area contributed by atoms with Crippen LogP contribution in [-0.2, 0) is 14.2 Å². The summed E-state index contributed by atoms with van der Waals surface area (Å²) in [4.78, 5) is 11.7. The molecule has 5 heteroatoms. The molecular weight excluding hydrogens is 354 g/mol. The maximum absolute atomic E-state index is 11.7.